The van der Waals surface area contributed by atoms with Gasteiger partial charge in [-0.25, -0.2) is 0 Å². The molecular formula is C18H32O5. The lowest BCUT2D eigenvalue weighted by Gasteiger charge is -2.37. The molecule has 1 rings (SSSR count). The third kappa shape index (κ3) is 5.48. The molecule has 0 unspecified atom stereocenters. The zero-order chi connectivity index (χ0) is 17.3. The first kappa shape index (κ1) is 19.9. The van der Waals surface area contributed by atoms with Crippen LogP contribution in [0.5, 0.6) is 0 Å². The molecule has 1 fully saturated rings. The van der Waals surface area contributed by atoms with E-state index < -0.39 is 23.5 Å². The predicted molar refractivity (Wildman–Crippen MR) is 88.3 cm³/mol. The summed E-state index contributed by atoms with van der Waals surface area (Å²) in [4.78, 5) is 23.6. The number of aliphatic hydroxyl groups is 1. The van der Waals surface area contributed by atoms with Crippen molar-refractivity contribution in [1.29, 1.82) is 0 Å². The van der Waals surface area contributed by atoms with Crippen molar-refractivity contribution < 1.29 is 24.9 Å². The fraction of sp³-hybridized carbons (Fsp3) is 0.889. The Kier molecular flexibility index (Phi) is 8.59. The molecule has 0 radical (unpaired) electrons. The van der Waals surface area contributed by atoms with Crippen molar-refractivity contribution in [3.05, 3.63) is 0 Å². The van der Waals surface area contributed by atoms with E-state index in [1.165, 1.54) is 19.3 Å². The number of aliphatic carboxylic acids is 2. The molecule has 1 aliphatic rings. The van der Waals surface area contributed by atoms with Crippen LogP contribution in [0.25, 0.3) is 0 Å². The lowest BCUT2D eigenvalue weighted by Crippen LogP contribution is -2.47. The van der Waals surface area contributed by atoms with Gasteiger partial charge >= 0.3 is 11.9 Å². The summed E-state index contributed by atoms with van der Waals surface area (Å²) in [5.41, 5.74) is -1.68. The number of hydrogen-bond donors (Lipinski definition) is 3. The molecule has 5 heteroatoms. The van der Waals surface area contributed by atoms with E-state index in [0.717, 1.165) is 19.3 Å². The third-order valence-electron chi connectivity index (χ3n) is 5.33. The number of unbranched alkanes of at least 4 members (excludes halogenated alkanes) is 6. The Morgan fingerprint density at radius 2 is 1.35 bits per heavy atom. The van der Waals surface area contributed by atoms with Gasteiger partial charge in [-0.05, 0) is 38.0 Å². The van der Waals surface area contributed by atoms with Crippen LogP contribution in [-0.2, 0) is 9.59 Å². The maximum atomic E-state index is 11.8. The summed E-state index contributed by atoms with van der Waals surface area (Å²) in [6, 6.07) is 0. The first-order valence-electron chi connectivity index (χ1n) is 9.10. The molecule has 0 bridgehead atoms. The van der Waals surface area contributed by atoms with Crippen molar-refractivity contribution in [1.82, 2.24) is 0 Å². The average Bonchev–Trinajstić information content (AvgIpc) is 2.50. The monoisotopic (exact) mass is 328 g/mol. The molecule has 134 valence electrons. The lowest BCUT2D eigenvalue weighted by atomic mass is 9.65. The van der Waals surface area contributed by atoms with E-state index in [1.807, 2.05) is 0 Å². The minimum atomic E-state index is -1.68. The molecule has 0 aliphatic heterocycles. The van der Waals surface area contributed by atoms with Crippen molar-refractivity contribution in [3.8, 4) is 0 Å². The van der Waals surface area contributed by atoms with Crippen LogP contribution in [0.4, 0.5) is 0 Å². The van der Waals surface area contributed by atoms with Gasteiger partial charge in [-0.2, -0.15) is 0 Å². The molecule has 5 nitrogen and oxygen atoms in total. The smallest absolute Gasteiger partial charge is 0.321 e. The number of hydrogen-bond acceptors (Lipinski definition) is 3. The van der Waals surface area contributed by atoms with E-state index in [1.54, 1.807) is 0 Å². The van der Waals surface area contributed by atoms with E-state index in [4.69, 9.17) is 0 Å². The van der Waals surface area contributed by atoms with Gasteiger partial charge in [0.2, 0.25) is 0 Å². The second-order valence-corrected chi connectivity index (χ2v) is 6.96. The molecule has 1 aliphatic carbocycles. The molecule has 0 aromatic heterocycles. The molecule has 0 saturated heterocycles. The topological polar surface area (TPSA) is 94.8 Å². The Labute approximate surface area is 139 Å². The normalized spacial score (nSPS) is 22.0. The first-order valence-corrected chi connectivity index (χ1v) is 9.10. The number of aliphatic hydroxyl groups excluding tert-OH is 1. The van der Waals surface area contributed by atoms with Gasteiger partial charge in [-0.1, -0.05) is 51.9 Å². The molecule has 0 aromatic carbocycles. The number of carboxylic acid groups (broad SMARTS) is 2. The summed E-state index contributed by atoms with van der Waals surface area (Å²) in [5.74, 6) is -2.80. The van der Waals surface area contributed by atoms with E-state index in [-0.39, 0.29) is 12.3 Å². The van der Waals surface area contributed by atoms with Crippen LogP contribution < -0.4 is 0 Å². The summed E-state index contributed by atoms with van der Waals surface area (Å²) in [7, 11) is 0. The number of rotatable bonds is 11. The van der Waals surface area contributed by atoms with Crippen LogP contribution in [0.3, 0.4) is 0 Å². The summed E-state index contributed by atoms with van der Waals surface area (Å²) in [6.45, 7) is 2.16. The molecule has 0 atom stereocenters. The quantitative estimate of drug-likeness (QED) is 0.396. The molecule has 1 saturated carbocycles. The fourth-order valence-electron chi connectivity index (χ4n) is 3.79. The van der Waals surface area contributed by atoms with Crippen LogP contribution in [0, 0.1) is 11.3 Å². The molecule has 3 N–H and O–H groups in total. The van der Waals surface area contributed by atoms with Gasteiger partial charge in [-0.3, -0.25) is 9.59 Å². The third-order valence-corrected chi connectivity index (χ3v) is 5.33. The van der Waals surface area contributed by atoms with Crippen molar-refractivity contribution in [3.63, 3.8) is 0 Å². The van der Waals surface area contributed by atoms with Crippen LogP contribution >= 0.6 is 0 Å². The second kappa shape index (κ2) is 9.91. The maximum absolute atomic E-state index is 11.8. The SMILES string of the molecule is CCCCCCCCCC(C(=O)O)(C(=O)O)C1CCC(O)CC1. The van der Waals surface area contributed by atoms with E-state index in [0.29, 0.717) is 32.1 Å². The second-order valence-electron chi connectivity index (χ2n) is 6.96. The highest BCUT2D eigenvalue weighted by atomic mass is 16.4. The molecule has 0 amide bonds. The zero-order valence-corrected chi connectivity index (χ0v) is 14.3. The molecular weight excluding hydrogens is 296 g/mol. The van der Waals surface area contributed by atoms with Gasteiger partial charge in [0.15, 0.2) is 5.41 Å². The highest BCUT2D eigenvalue weighted by molar-refractivity contribution is 5.98. The molecule has 0 heterocycles. The summed E-state index contributed by atoms with van der Waals surface area (Å²) >= 11 is 0. The minimum Gasteiger partial charge on any atom is -0.480 e. The molecule has 0 spiro atoms. The predicted octanol–water partition coefficient (Wildman–Crippen LogP) is 3.83. The largest absolute Gasteiger partial charge is 0.480 e. The minimum absolute atomic E-state index is 0.201. The number of carboxylic acids is 2. The van der Waals surface area contributed by atoms with Crippen molar-refractivity contribution in [2.45, 2.75) is 90.1 Å². The zero-order valence-electron chi connectivity index (χ0n) is 14.3. The highest BCUT2D eigenvalue weighted by Crippen LogP contribution is 2.43. The Bertz CT molecular complexity index is 358. The van der Waals surface area contributed by atoms with E-state index in [2.05, 4.69) is 6.92 Å². The Morgan fingerprint density at radius 3 is 1.83 bits per heavy atom. The first-order chi connectivity index (χ1) is 10.9. The van der Waals surface area contributed by atoms with Gasteiger partial charge in [0.05, 0.1) is 6.10 Å². The fourth-order valence-corrected chi connectivity index (χ4v) is 3.79. The van der Waals surface area contributed by atoms with Crippen LogP contribution in [0.15, 0.2) is 0 Å². The summed E-state index contributed by atoms with van der Waals surface area (Å²) < 4.78 is 0. The van der Waals surface area contributed by atoms with E-state index >= 15 is 0 Å². The van der Waals surface area contributed by atoms with Gasteiger partial charge in [0, 0.05) is 0 Å². The van der Waals surface area contributed by atoms with Crippen LogP contribution in [0.2, 0.25) is 0 Å². The number of carbonyl (C=O) groups is 2. The van der Waals surface area contributed by atoms with Crippen LogP contribution in [-0.4, -0.2) is 33.4 Å². The van der Waals surface area contributed by atoms with Gasteiger partial charge in [0.25, 0.3) is 0 Å². The molecule has 23 heavy (non-hydrogen) atoms. The standard InChI is InChI=1S/C18H32O5/c1-2-3-4-5-6-7-8-13-18(16(20)21,17(22)23)14-9-11-15(19)12-10-14/h14-15,19H,2-13H2,1H3,(H,20,21)(H,22,23). The Morgan fingerprint density at radius 1 is 0.870 bits per heavy atom. The lowest BCUT2D eigenvalue weighted by molar-refractivity contribution is -0.172. The van der Waals surface area contributed by atoms with Gasteiger partial charge in [0.1, 0.15) is 0 Å². The Hall–Kier alpha value is -1.10. The van der Waals surface area contributed by atoms with Gasteiger partial charge < -0.3 is 15.3 Å². The van der Waals surface area contributed by atoms with Crippen molar-refractivity contribution in [2.75, 3.05) is 0 Å². The average molecular weight is 328 g/mol. The molecule has 0 aromatic rings. The van der Waals surface area contributed by atoms with E-state index in [9.17, 15) is 24.9 Å². The van der Waals surface area contributed by atoms with Crippen LogP contribution in [0.1, 0.15) is 84.0 Å². The Balaban J connectivity index is 2.58. The summed E-state index contributed by atoms with van der Waals surface area (Å²) in [6.07, 6.45) is 9.07. The maximum Gasteiger partial charge on any atom is 0.321 e. The van der Waals surface area contributed by atoms with Gasteiger partial charge in [-0.15, -0.1) is 0 Å². The summed E-state index contributed by atoms with van der Waals surface area (Å²) in [5, 5.41) is 28.9. The van der Waals surface area contributed by atoms with Crippen molar-refractivity contribution >= 4 is 11.9 Å². The van der Waals surface area contributed by atoms with Crippen molar-refractivity contribution in [2.24, 2.45) is 11.3 Å². The highest BCUT2D eigenvalue weighted by Gasteiger charge is 2.52.